The van der Waals surface area contributed by atoms with Gasteiger partial charge in [0.2, 0.25) is 6.79 Å². The maximum absolute atomic E-state index is 12.2. The molecule has 142 valence electrons. The average molecular weight is 394 g/mol. The van der Waals surface area contributed by atoms with E-state index in [1.165, 1.54) is 26.4 Å². The van der Waals surface area contributed by atoms with Gasteiger partial charge in [0, 0.05) is 6.07 Å². The van der Waals surface area contributed by atoms with Crippen LogP contribution in [0.3, 0.4) is 0 Å². The quantitative estimate of drug-likeness (QED) is 0.754. The summed E-state index contributed by atoms with van der Waals surface area (Å²) in [6.07, 6.45) is 0. The topological polar surface area (TPSA) is 92.3 Å². The van der Waals surface area contributed by atoms with Crippen molar-refractivity contribution in [2.24, 2.45) is 0 Å². The van der Waals surface area contributed by atoms with Crippen molar-refractivity contribution in [3.05, 3.63) is 40.9 Å². The molecule has 1 amide bonds. The minimum atomic E-state index is -0.719. The number of methoxy groups -OCH3 is 2. The number of benzene rings is 2. The predicted molar refractivity (Wildman–Crippen MR) is 96.0 cm³/mol. The van der Waals surface area contributed by atoms with E-state index in [1.807, 2.05) is 0 Å². The minimum Gasteiger partial charge on any atom is -0.497 e. The number of amides is 1. The van der Waals surface area contributed by atoms with Crippen LogP contribution in [0.2, 0.25) is 5.02 Å². The molecule has 0 saturated heterocycles. The van der Waals surface area contributed by atoms with E-state index in [2.05, 4.69) is 5.32 Å². The highest BCUT2D eigenvalue weighted by Gasteiger charge is 2.22. The van der Waals surface area contributed by atoms with Crippen molar-refractivity contribution in [3.8, 4) is 23.0 Å². The normalized spacial score (nSPS) is 11.7. The summed E-state index contributed by atoms with van der Waals surface area (Å²) >= 11 is 6.03. The lowest BCUT2D eigenvalue weighted by atomic mass is 10.2. The van der Waals surface area contributed by atoms with Crippen LogP contribution < -0.4 is 24.3 Å². The van der Waals surface area contributed by atoms with E-state index in [4.69, 9.17) is 35.3 Å². The molecule has 1 aliphatic rings. The standard InChI is InChI=1S/C18H16ClNO7/c1-23-11-3-4-14(24-2)13(7-11)20-16(21)8-25-18(22)10-5-12(19)17-15(6-10)26-9-27-17/h3-7H,8-9H2,1-2H3,(H,20,21). The predicted octanol–water partition coefficient (Wildman–Crippen LogP) is 2.88. The van der Waals surface area contributed by atoms with E-state index in [9.17, 15) is 9.59 Å². The molecule has 0 atom stereocenters. The summed E-state index contributed by atoms with van der Waals surface area (Å²) in [6, 6.07) is 7.77. The lowest BCUT2D eigenvalue weighted by Gasteiger charge is -2.12. The van der Waals surface area contributed by atoms with E-state index in [0.29, 0.717) is 28.7 Å². The van der Waals surface area contributed by atoms with Crippen molar-refractivity contribution in [1.82, 2.24) is 0 Å². The molecule has 0 aromatic heterocycles. The molecule has 9 heteroatoms. The molecule has 0 radical (unpaired) electrons. The molecule has 1 heterocycles. The Morgan fingerprint density at radius 1 is 1.15 bits per heavy atom. The number of esters is 1. The lowest BCUT2D eigenvalue weighted by molar-refractivity contribution is -0.119. The second-order valence-electron chi connectivity index (χ2n) is 5.38. The van der Waals surface area contributed by atoms with Crippen LogP contribution in [0.5, 0.6) is 23.0 Å². The highest BCUT2D eigenvalue weighted by molar-refractivity contribution is 6.32. The summed E-state index contributed by atoms with van der Waals surface area (Å²) in [6.45, 7) is -0.469. The highest BCUT2D eigenvalue weighted by Crippen LogP contribution is 2.39. The van der Waals surface area contributed by atoms with E-state index in [1.54, 1.807) is 18.2 Å². The Kier molecular flexibility index (Phi) is 5.56. The first-order valence-corrected chi connectivity index (χ1v) is 8.17. The van der Waals surface area contributed by atoms with Crippen molar-refractivity contribution >= 4 is 29.2 Å². The van der Waals surface area contributed by atoms with Gasteiger partial charge in [0.1, 0.15) is 11.5 Å². The smallest absolute Gasteiger partial charge is 0.338 e. The first-order valence-electron chi connectivity index (χ1n) is 7.80. The Labute approximate surface area is 159 Å². The van der Waals surface area contributed by atoms with Gasteiger partial charge in [0.15, 0.2) is 18.1 Å². The number of anilines is 1. The Balaban J connectivity index is 1.63. The largest absolute Gasteiger partial charge is 0.497 e. The van der Waals surface area contributed by atoms with E-state index >= 15 is 0 Å². The second-order valence-corrected chi connectivity index (χ2v) is 5.79. The molecule has 8 nitrogen and oxygen atoms in total. The molecule has 1 N–H and O–H groups in total. The maximum atomic E-state index is 12.2. The van der Waals surface area contributed by atoms with E-state index in [0.717, 1.165) is 0 Å². The zero-order chi connectivity index (χ0) is 19.4. The summed E-state index contributed by atoms with van der Waals surface area (Å²) in [4.78, 5) is 24.3. The zero-order valence-corrected chi connectivity index (χ0v) is 15.3. The summed E-state index contributed by atoms with van der Waals surface area (Å²) in [5, 5.41) is 2.83. The van der Waals surface area contributed by atoms with Gasteiger partial charge in [-0.1, -0.05) is 11.6 Å². The molecule has 0 saturated carbocycles. The van der Waals surface area contributed by atoms with Crippen molar-refractivity contribution < 1.29 is 33.3 Å². The van der Waals surface area contributed by atoms with Gasteiger partial charge in [-0.2, -0.15) is 0 Å². The van der Waals surface area contributed by atoms with Crippen molar-refractivity contribution in [2.75, 3.05) is 32.9 Å². The summed E-state index contributed by atoms with van der Waals surface area (Å²) in [7, 11) is 2.98. The van der Waals surface area contributed by atoms with Crippen LogP contribution in [-0.2, 0) is 9.53 Å². The first-order chi connectivity index (χ1) is 13.0. The fraction of sp³-hybridized carbons (Fsp3) is 0.222. The highest BCUT2D eigenvalue weighted by atomic mass is 35.5. The molecular formula is C18H16ClNO7. The average Bonchev–Trinajstić information content (AvgIpc) is 3.15. The molecule has 1 aliphatic heterocycles. The summed E-state index contributed by atoms with van der Waals surface area (Å²) in [5.41, 5.74) is 0.542. The Bertz CT molecular complexity index is 884. The molecule has 0 bridgehead atoms. The van der Waals surface area contributed by atoms with Crippen LogP contribution in [-0.4, -0.2) is 39.5 Å². The second kappa shape index (κ2) is 8.05. The minimum absolute atomic E-state index is 0.0261. The molecule has 0 aliphatic carbocycles. The molecule has 0 spiro atoms. The summed E-state index contributed by atoms with van der Waals surface area (Å²) < 4.78 is 25.7. The number of fused-ring (bicyclic) bond motifs is 1. The number of carbonyl (C=O) groups excluding carboxylic acids is 2. The van der Waals surface area contributed by atoms with Gasteiger partial charge in [0.25, 0.3) is 5.91 Å². The van der Waals surface area contributed by atoms with Gasteiger partial charge in [-0.3, -0.25) is 4.79 Å². The third-order valence-electron chi connectivity index (χ3n) is 3.68. The van der Waals surface area contributed by atoms with Crippen LogP contribution in [0, 0.1) is 0 Å². The Morgan fingerprint density at radius 3 is 2.70 bits per heavy atom. The van der Waals surface area contributed by atoms with Gasteiger partial charge in [0.05, 0.1) is 30.5 Å². The Morgan fingerprint density at radius 2 is 1.96 bits per heavy atom. The van der Waals surface area contributed by atoms with Crippen molar-refractivity contribution in [1.29, 1.82) is 0 Å². The van der Waals surface area contributed by atoms with Crippen LogP contribution in [0.25, 0.3) is 0 Å². The molecule has 3 rings (SSSR count). The maximum Gasteiger partial charge on any atom is 0.338 e. The van der Waals surface area contributed by atoms with Crippen LogP contribution in [0.15, 0.2) is 30.3 Å². The molecule has 0 unspecified atom stereocenters. The zero-order valence-electron chi connectivity index (χ0n) is 14.5. The fourth-order valence-corrected chi connectivity index (χ4v) is 2.66. The van der Waals surface area contributed by atoms with Crippen LogP contribution >= 0.6 is 11.6 Å². The third-order valence-corrected chi connectivity index (χ3v) is 3.96. The fourth-order valence-electron chi connectivity index (χ4n) is 2.40. The molecular weight excluding hydrogens is 378 g/mol. The van der Waals surface area contributed by atoms with Gasteiger partial charge >= 0.3 is 5.97 Å². The molecule has 2 aromatic rings. The van der Waals surface area contributed by atoms with Crippen LogP contribution in [0.1, 0.15) is 10.4 Å². The first kappa shape index (κ1) is 18.7. The Hall–Kier alpha value is -3.13. The number of carbonyl (C=O) groups is 2. The number of hydrogen-bond donors (Lipinski definition) is 1. The number of hydrogen-bond acceptors (Lipinski definition) is 7. The third kappa shape index (κ3) is 4.17. The van der Waals surface area contributed by atoms with Gasteiger partial charge < -0.3 is 29.0 Å². The van der Waals surface area contributed by atoms with Gasteiger partial charge in [-0.15, -0.1) is 0 Å². The SMILES string of the molecule is COc1ccc(OC)c(NC(=O)COC(=O)c2cc(Cl)c3c(c2)OCO3)c1. The number of ether oxygens (including phenoxy) is 5. The van der Waals surface area contributed by atoms with Gasteiger partial charge in [-0.05, 0) is 24.3 Å². The van der Waals surface area contributed by atoms with E-state index in [-0.39, 0.29) is 17.4 Å². The monoisotopic (exact) mass is 393 g/mol. The lowest BCUT2D eigenvalue weighted by Crippen LogP contribution is -2.21. The van der Waals surface area contributed by atoms with Crippen molar-refractivity contribution in [3.63, 3.8) is 0 Å². The van der Waals surface area contributed by atoms with Gasteiger partial charge in [-0.25, -0.2) is 4.79 Å². The number of rotatable bonds is 6. The van der Waals surface area contributed by atoms with Crippen LogP contribution in [0.4, 0.5) is 5.69 Å². The number of halogens is 1. The molecule has 2 aromatic carbocycles. The summed E-state index contributed by atoms with van der Waals surface area (Å²) in [5.74, 6) is 0.442. The molecule has 27 heavy (non-hydrogen) atoms. The van der Waals surface area contributed by atoms with Crippen molar-refractivity contribution in [2.45, 2.75) is 0 Å². The number of nitrogens with one attached hydrogen (secondary N) is 1. The van der Waals surface area contributed by atoms with E-state index < -0.39 is 18.5 Å². The molecule has 0 fully saturated rings.